The van der Waals surface area contributed by atoms with E-state index in [9.17, 15) is 13.2 Å². The molecule has 4 aliphatic carbocycles. The molecule has 0 aromatic heterocycles. The van der Waals surface area contributed by atoms with E-state index >= 15 is 0 Å². The standard InChI is InChI=1S/C41H53F3P2.C5H10.Fe/c1-28-22-29(2)25-35(24-28)45(36-26-30(3)23-32(27-36)41(42,43)44)31(4)37-19-13-20-38(37)39-18-11-12-21-40(39)46(33-14-7-5-8-15-33)34-16-9-6-10-17-34;1-2-4-5-3-1;/h11-12,18,21-27,31,33-34,37-38H,5-10,13-17,19-20H2,1-4H3;1-5H2;/t31-,37?,38?,45?;;/m0../s1. The number of rotatable bonds is 8. The maximum Gasteiger partial charge on any atom is 0.416 e. The van der Waals surface area contributed by atoms with E-state index in [-0.39, 0.29) is 30.6 Å². The van der Waals surface area contributed by atoms with E-state index in [1.807, 2.05) is 6.92 Å². The quantitative estimate of drug-likeness (QED) is 0.157. The van der Waals surface area contributed by atoms with Crippen LogP contribution in [0.3, 0.4) is 0 Å². The van der Waals surface area contributed by atoms with Crippen LogP contribution in [0, 0.1) is 26.7 Å². The van der Waals surface area contributed by atoms with Crippen LogP contribution in [0.15, 0.2) is 60.7 Å². The predicted octanol–water partition coefficient (Wildman–Crippen LogP) is 13.8. The van der Waals surface area contributed by atoms with Crippen LogP contribution < -0.4 is 15.9 Å². The minimum absolute atomic E-state index is 0. The van der Waals surface area contributed by atoms with Crippen molar-refractivity contribution in [3.63, 3.8) is 0 Å². The SMILES string of the molecule is C1CCCC1.Cc1cc(C)cc(P(c2cc(C)cc(C(F)(F)F)c2)[C@@H](C)C2CCCC2c2ccccc2P(C2CCCCC2)C2CCCCC2)c1.[Fe]. The van der Waals surface area contributed by atoms with E-state index in [1.165, 1.54) is 138 Å². The summed E-state index contributed by atoms with van der Waals surface area (Å²) in [4.78, 5) is 0. The van der Waals surface area contributed by atoms with Gasteiger partial charge in [0.1, 0.15) is 0 Å². The molecular formula is C46H63F3FeP2. The Morgan fingerprint density at radius 2 is 1.06 bits per heavy atom. The van der Waals surface area contributed by atoms with Gasteiger partial charge in [0, 0.05) is 17.1 Å². The first-order valence-electron chi connectivity index (χ1n) is 20.5. The van der Waals surface area contributed by atoms with Crippen LogP contribution in [0.2, 0.25) is 0 Å². The van der Waals surface area contributed by atoms with Gasteiger partial charge < -0.3 is 0 Å². The molecule has 3 unspecified atom stereocenters. The molecule has 3 aromatic rings. The molecule has 4 atom stereocenters. The largest absolute Gasteiger partial charge is 0.416 e. The average Bonchev–Trinajstić information content (AvgIpc) is 3.85. The Balaban J connectivity index is 0.000000803. The van der Waals surface area contributed by atoms with Gasteiger partial charge in [-0.1, -0.05) is 152 Å². The number of aryl methyl sites for hydroxylation is 3. The van der Waals surface area contributed by atoms with Crippen LogP contribution in [0.4, 0.5) is 13.2 Å². The minimum atomic E-state index is -4.35. The number of halogens is 3. The summed E-state index contributed by atoms with van der Waals surface area (Å²) < 4.78 is 42.5. The molecule has 52 heavy (non-hydrogen) atoms. The summed E-state index contributed by atoms with van der Waals surface area (Å²) >= 11 is 0. The van der Waals surface area contributed by atoms with Gasteiger partial charge in [-0.2, -0.15) is 13.2 Å². The zero-order chi connectivity index (χ0) is 36.0. The maximum atomic E-state index is 14.2. The summed E-state index contributed by atoms with van der Waals surface area (Å²) in [5, 5.41) is 3.81. The van der Waals surface area contributed by atoms with Gasteiger partial charge in [-0.25, -0.2) is 0 Å². The van der Waals surface area contributed by atoms with Gasteiger partial charge in [-0.3, -0.25) is 0 Å². The number of hydrogen-bond donors (Lipinski definition) is 0. The van der Waals surface area contributed by atoms with Crippen molar-refractivity contribution >= 4 is 31.8 Å². The molecule has 0 saturated heterocycles. The first-order chi connectivity index (χ1) is 24.6. The van der Waals surface area contributed by atoms with E-state index in [0.29, 0.717) is 17.4 Å². The van der Waals surface area contributed by atoms with E-state index in [2.05, 4.69) is 69.3 Å². The molecule has 0 nitrogen and oxygen atoms in total. The Hall–Kier alpha value is -1.17. The fraction of sp³-hybridized carbons (Fsp3) is 0.609. The first-order valence-corrected chi connectivity index (χ1v) is 23.4. The van der Waals surface area contributed by atoms with Crippen molar-refractivity contribution in [2.45, 2.75) is 172 Å². The molecule has 0 N–H and O–H groups in total. The number of benzene rings is 3. The molecule has 0 radical (unpaired) electrons. The Morgan fingerprint density at radius 1 is 0.577 bits per heavy atom. The fourth-order valence-electron chi connectivity index (χ4n) is 10.2. The van der Waals surface area contributed by atoms with Crippen LogP contribution in [-0.4, -0.2) is 17.0 Å². The fourth-order valence-corrected chi connectivity index (χ4v) is 17.6. The molecule has 7 rings (SSSR count). The average molecular weight is 791 g/mol. The van der Waals surface area contributed by atoms with Crippen molar-refractivity contribution in [2.75, 3.05) is 0 Å². The van der Waals surface area contributed by atoms with Gasteiger partial charge in [0.25, 0.3) is 0 Å². The van der Waals surface area contributed by atoms with Crippen molar-refractivity contribution in [2.24, 2.45) is 5.92 Å². The number of hydrogen-bond acceptors (Lipinski definition) is 0. The third-order valence-electron chi connectivity index (χ3n) is 12.5. The molecule has 6 heteroatoms. The smallest absolute Gasteiger partial charge is 0.166 e. The normalized spacial score (nSPS) is 22.8. The summed E-state index contributed by atoms with van der Waals surface area (Å²) in [5.41, 5.74) is 6.16. The summed E-state index contributed by atoms with van der Waals surface area (Å²) in [6, 6.07) is 21.1. The third kappa shape index (κ3) is 10.6. The summed E-state index contributed by atoms with van der Waals surface area (Å²) in [6.07, 6.45) is 20.6. The minimum Gasteiger partial charge on any atom is -0.166 e. The Kier molecular flexibility index (Phi) is 15.8. The monoisotopic (exact) mass is 790 g/mol. The second-order valence-corrected chi connectivity index (χ2v) is 21.9. The molecular weight excluding hydrogens is 727 g/mol. The zero-order valence-corrected chi connectivity index (χ0v) is 35.2. The van der Waals surface area contributed by atoms with Gasteiger partial charge in [0.05, 0.1) is 5.56 Å². The van der Waals surface area contributed by atoms with Crippen LogP contribution in [0.5, 0.6) is 0 Å². The molecule has 0 amide bonds. The second-order valence-electron chi connectivity index (χ2n) is 16.5. The molecule has 0 spiro atoms. The third-order valence-corrected chi connectivity index (χ3v) is 18.9. The Bertz CT molecular complexity index is 1510. The Labute approximate surface area is 327 Å². The van der Waals surface area contributed by atoms with E-state index < -0.39 is 19.7 Å². The summed E-state index contributed by atoms with van der Waals surface area (Å²) in [6.45, 7) is 8.46. The topological polar surface area (TPSA) is 0 Å². The molecule has 0 bridgehead atoms. The van der Waals surface area contributed by atoms with Gasteiger partial charge in [0.2, 0.25) is 0 Å². The van der Waals surface area contributed by atoms with Crippen molar-refractivity contribution in [1.82, 2.24) is 0 Å². The Morgan fingerprint density at radius 3 is 1.60 bits per heavy atom. The molecule has 4 fully saturated rings. The zero-order valence-electron chi connectivity index (χ0n) is 32.3. The predicted molar refractivity (Wildman–Crippen MR) is 218 cm³/mol. The first kappa shape index (κ1) is 42.0. The van der Waals surface area contributed by atoms with E-state index in [4.69, 9.17) is 0 Å². The molecule has 4 saturated carbocycles. The van der Waals surface area contributed by atoms with Crippen LogP contribution in [0.25, 0.3) is 0 Å². The molecule has 4 aliphatic rings. The van der Waals surface area contributed by atoms with Gasteiger partial charge in [-0.05, 0) is 135 Å². The van der Waals surface area contributed by atoms with Crippen molar-refractivity contribution in [3.8, 4) is 0 Å². The van der Waals surface area contributed by atoms with Gasteiger partial charge in [-0.15, -0.1) is 0 Å². The molecule has 0 aliphatic heterocycles. The van der Waals surface area contributed by atoms with Gasteiger partial charge in [0.15, 0.2) is 0 Å². The van der Waals surface area contributed by atoms with Gasteiger partial charge >= 0.3 is 6.18 Å². The van der Waals surface area contributed by atoms with Crippen LogP contribution >= 0.6 is 15.8 Å². The molecule has 286 valence electrons. The van der Waals surface area contributed by atoms with Crippen LogP contribution in [-0.2, 0) is 23.2 Å². The second kappa shape index (κ2) is 19.6. The molecule has 0 heterocycles. The maximum absolute atomic E-state index is 14.2. The molecule has 3 aromatic carbocycles. The van der Waals surface area contributed by atoms with Crippen molar-refractivity contribution < 1.29 is 30.2 Å². The van der Waals surface area contributed by atoms with Crippen molar-refractivity contribution in [1.29, 1.82) is 0 Å². The van der Waals surface area contributed by atoms with Crippen molar-refractivity contribution in [3.05, 3.63) is 88.5 Å². The van der Waals surface area contributed by atoms with E-state index in [1.54, 1.807) is 10.9 Å². The van der Waals surface area contributed by atoms with Crippen LogP contribution in [0.1, 0.15) is 156 Å². The summed E-state index contributed by atoms with van der Waals surface area (Å²) in [7, 11) is -1.22. The van der Waals surface area contributed by atoms with E-state index in [0.717, 1.165) is 23.0 Å². The number of alkyl halides is 3. The summed E-state index contributed by atoms with van der Waals surface area (Å²) in [5.74, 6) is 0.934.